The molecule has 0 atom stereocenters. The van der Waals surface area contributed by atoms with Crippen LogP contribution in [0, 0.1) is 10.1 Å². The highest BCUT2D eigenvalue weighted by molar-refractivity contribution is 7.62. The molecule has 27 heavy (non-hydrogen) atoms. The Balaban J connectivity index is 1.97. The average molecular weight is 393 g/mol. The Morgan fingerprint density at radius 2 is 1.93 bits per heavy atom. The second-order valence-corrected chi connectivity index (χ2v) is 7.42. The molecule has 11 heteroatoms. The van der Waals surface area contributed by atoms with Gasteiger partial charge in [0.1, 0.15) is 5.76 Å². The maximum absolute atomic E-state index is 12.8. The van der Waals surface area contributed by atoms with Gasteiger partial charge in [-0.05, 0) is 24.3 Å². The second kappa shape index (κ2) is 7.75. The van der Waals surface area contributed by atoms with Gasteiger partial charge in [-0.25, -0.2) is 0 Å². The molecule has 1 aromatic carbocycles. The molecule has 10 nitrogen and oxygen atoms in total. The van der Waals surface area contributed by atoms with Crippen molar-refractivity contribution < 1.29 is 27.4 Å². The molecule has 0 aliphatic rings. The summed E-state index contributed by atoms with van der Waals surface area (Å²) in [6.45, 7) is 0.252. The van der Waals surface area contributed by atoms with E-state index in [4.69, 9.17) is 17.9 Å². The summed E-state index contributed by atoms with van der Waals surface area (Å²) in [4.78, 5) is 14.5. The first-order valence-corrected chi connectivity index (χ1v) is 9.25. The van der Waals surface area contributed by atoms with E-state index in [1.165, 1.54) is 44.7 Å². The van der Waals surface area contributed by atoms with E-state index in [1.807, 2.05) is 0 Å². The minimum atomic E-state index is -3.71. The number of furan rings is 1. The fourth-order valence-corrected chi connectivity index (χ4v) is 3.37. The van der Waals surface area contributed by atoms with Crippen LogP contribution >= 0.6 is 7.60 Å². The second-order valence-electron chi connectivity index (χ2n) is 5.27. The summed E-state index contributed by atoms with van der Waals surface area (Å²) in [6, 6.07) is 9.09. The van der Waals surface area contributed by atoms with Crippen LogP contribution in [0.3, 0.4) is 0 Å². The number of nitro groups is 1. The minimum Gasteiger partial charge on any atom is -0.467 e. The molecule has 0 bridgehead atoms. The van der Waals surface area contributed by atoms with Crippen LogP contribution in [0.25, 0.3) is 11.5 Å². The van der Waals surface area contributed by atoms with E-state index in [-0.39, 0.29) is 29.4 Å². The van der Waals surface area contributed by atoms with E-state index in [0.717, 1.165) is 0 Å². The number of hydrogen-bond donors (Lipinski definition) is 1. The molecule has 2 heterocycles. The number of nitrogens with one attached hydrogen (secondary N) is 1. The van der Waals surface area contributed by atoms with Gasteiger partial charge in [0.05, 0.1) is 17.7 Å². The number of benzene rings is 1. The zero-order valence-electron chi connectivity index (χ0n) is 14.4. The summed E-state index contributed by atoms with van der Waals surface area (Å²) < 4.78 is 33.7. The number of nitro benzene ring substituents is 1. The average Bonchev–Trinajstić information content (AvgIpc) is 3.35. The standard InChI is InChI=1S/C16H16N3O7P/c1-23-27(22,24-2)16-15(17-10-13-4-3-9-25-13)26-14(18-16)11-5-7-12(8-6-11)19(20)21/h3-9,17H,10H2,1-2H3. The molecule has 3 rings (SSSR count). The Hall–Kier alpha value is -2.94. The van der Waals surface area contributed by atoms with Crippen LogP contribution in [0.4, 0.5) is 11.6 Å². The smallest absolute Gasteiger partial charge is 0.384 e. The first-order valence-electron chi connectivity index (χ1n) is 7.71. The zero-order valence-corrected chi connectivity index (χ0v) is 15.3. The first kappa shape index (κ1) is 18.8. The molecule has 3 aromatic rings. The molecule has 2 aromatic heterocycles. The van der Waals surface area contributed by atoms with Gasteiger partial charge in [-0.15, -0.1) is 0 Å². The van der Waals surface area contributed by atoms with Crippen LogP contribution < -0.4 is 10.8 Å². The molecule has 0 spiro atoms. The van der Waals surface area contributed by atoms with Crippen molar-refractivity contribution in [1.29, 1.82) is 0 Å². The van der Waals surface area contributed by atoms with Gasteiger partial charge in [-0.3, -0.25) is 14.7 Å². The summed E-state index contributed by atoms with van der Waals surface area (Å²) in [7, 11) is -1.23. The van der Waals surface area contributed by atoms with Gasteiger partial charge in [-0.2, -0.15) is 4.98 Å². The Bertz CT molecular complexity index is 959. The quantitative estimate of drug-likeness (QED) is 0.347. The van der Waals surface area contributed by atoms with E-state index in [1.54, 1.807) is 12.1 Å². The number of rotatable bonds is 8. The van der Waals surface area contributed by atoms with Crippen molar-refractivity contribution in [3.05, 3.63) is 58.5 Å². The lowest BCUT2D eigenvalue weighted by Gasteiger charge is -2.11. The Kier molecular flexibility index (Phi) is 5.41. The summed E-state index contributed by atoms with van der Waals surface area (Å²) in [5, 5.41) is 13.7. The molecule has 0 saturated carbocycles. The number of hydrogen-bond acceptors (Lipinski definition) is 9. The van der Waals surface area contributed by atoms with E-state index in [9.17, 15) is 14.7 Å². The van der Waals surface area contributed by atoms with Gasteiger partial charge in [0.15, 0.2) is 0 Å². The van der Waals surface area contributed by atoms with Gasteiger partial charge < -0.3 is 23.2 Å². The van der Waals surface area contributed by atoms with Crippen molar-refractivity contribution in [2.75, 3.05) is 19.5 Å². The number of aromatic nitrogens is 1. The van der Waals surface area contributed by atoms with Crippen molar-refractivity contribution in [3.8, 4) is 11.5 Å². The van der Waals surface area contributed by atoms with E-state index in [0.29, 0.717) is 11.3 Å². The number of nitrogens with zero attached hydrogens (tertiary/aromatic N) is 2. The molecular formula is C16H16N3O7P. The number of anilines is 1. The highest BCUT2D eigenvalue weighted by Gasteiger charge is 2.34. The van der Waals surface area contributed by atoms with Crippen molar-refractivity contribution >= 4 is 24.6 Å². The summed E-state index contributed by atoms with van der Waals surface area (Å²) in [5.41, 5.74) is 0.361. The van der Waals surface area contributed by atoms with Crippen molar-refractivity contribution in [2.45, 2.75) is 6.54 Å². The molecule has 142 valence electrons. The Morgan fingerprint density at radius 3 is 2.48 bits per heavy atom. The lowest BCUT2D eigenvalue weighted by molar-refractivity contribution is -0.384. The Morgan fingerprint density at radius 1 is 1.22 bits per heavy atom. The van der Waals surface area contributed by atoms with Gasteiger partial charge in [-0.1, -0.05) is 0 Å². The molecule has 0 unspecified atom stereocenters. The van der Waals surface area contributed by atoms with E-state index < -0.39 is 12.5 Å². The minimum absolute atomic E-state index is 0.0348. The monoisotopic (exact) mass is 393 g/mol. The van der Waals surface area contributed by atoms with Crippen molar-refractivity contribution in [1.82, 2.24) is 4.98 Å². The number of non-ortho nitro benzene ring substituents is 1. The van der Waals surface area contributed by atoms with Crippen LogP contribution in [0.15, 0.2) is 51.5 Å². The SMILES string of the molecule is COP(=O)(OC)c1nc(-c2ccc([N+](=O)[O-])cc2)oc1NCc1ccco1. The van der Waals surface area contributed by atoms with Crippen LogP contribution in [0.2, 0.25) is 0 Å². The molecule has 0 aliphatic heterocycles. The first-order chi connectivity index (χ1) is 13.0. The number of oxazole rings is 1. The fourth-order valence-electron chi connectivity index (χ4n) is 2.29. The predicted molar refractivity (Wildman–Crippen MR) is 95.9 cm³/mol. The van der Waals surface area contributed by atoms with Crippen LogP contribution in [0.5, 0.6) is 0 Å². The predicted octanol–water partition coefficient (Wildman–Crippen LogP) is 3.57. The molecule has 0 radical (unpaired) electrons. The molecule has 0 aliphatic carbocycles. The molecule has 1 N–H and O–H groups in total. The zero-order chi connectivity index (χ0) is 19.4. The topological polar surface area (TPSA) is 130 Å². The van der Waals surface area contributed by atoms with Gasteiger partial charge in [0.25, 0.3) is 5.69 Å². The largest absolute Gasteiger partial charge is 0.467 e. The molecular weight excluding hydrogens is 377 g/mol. The molecule has 0 fully saturated rings. The maximum atomic E-state index is 12.8. The third-order valence-corrected chi connectivity index (χ3v) is 5.46. The van der Waals surface area contributed by atoms with Gasteiger partial charge in [0, 0.05) is 31.9 Å². The third-order valence-electron chi connectivity index (χ3n) is 3.68. The summed E-state index contributed by atoms with van der Waals surface area (Å²) in [5.74, 6) is 0.821. The highest BCUT2D eigenvalue weighted by atomic mass is 31.2. The van der Waals surface area contributed by atoms with E-state index >= 15 is 0 Å². The molecule has 0 saturated heterocycles. The van der Waals surface area contributed by atoms with Crippen molar-refractivity contribution in [3.63, 3.8) is 0 Å². The van der Waals surface area contributed by atoms with Gasteiger partial charge >= 0.3 is 7.60 Å². The fraction of sp³-hybridized carbons (Fsp3) is 0.188. The normalized spacial score (nSPS) is 11.5. The highest BCUT2D eigenvalue weighted by Crippen LogP contribution is 2.47. The van der Waals surface area contributed by atoms with Gasteiger partial charge in [0.2, 0.25) is 17.2 Å². The lowest BCUT2D eigenvalue weighted by Crippen LogP contribution is -2.14. The maximum Gasteiger partial charge on any atom is 0.384 e. The lowest BCUT2D eigenvalue weighted by atomic mass is 10.2. The Labute approximate surface area is 153 Å². The van der Waals surface area contributed by atoms with E-state index in [2.05, 4.69) is 10.3 Å². The van der Waals surface area contributed by atoms with Crippen LogP contribution in [-0.4, -0.2) is 24.1 Å². The van der Waals surface area contributed by atoms with Crippen LogP contribution in [-0.2, 0) is 20.2 Å². The summed E-state index contributed by atoms with van der Waals surface area (Å²) in [6.07, 6.45) is 1.52. The molecule has 0 amide bonds. The van der Waals surface area contributed by atoms with Crippen LogP contribution in [0.1, 0.15) is 5.76 Å². The van der Waals surface area contributed by atoms with Crippen molar-refractivity contribution in [2.24, 2.45) is 0 Å². The summed E-state index contributed by atoms with van der Waals surface area (Å²) >= 11 is 0. The third kappa shape index (κ3) is 3.92.